The van der Waals surface area contributed by atoms with Crippen molar-refractivity contribution in [1.29, 1.82) is 0 Å². The Balaban J connectivity index is 2.57. The van der Waals surface area contributed by atoms with Crippen LogP contribution in [0, 0.1) is 5.82 Å². The highest BCUT2D eigenvalue weighted by Crippen LogP contribution is 2.22. The molecule has 2 aromatic rings. The van der Waals surface area contributed by atoms with E-state index in [1.165, 1.54) is 24.5 Å². The molecule has 1 heterocycles. The fraction of sp³-hybridized carbons (Fsp3) is 0. The zero-order chi connectivity index (χ0) is 9.26. The lowest BCUT2D eigenvalue weighted by Crippen LogP contribution is -1.92. The SMILES string of the molecule is Nc1ccc(F)cc1-c1ncn[nH]1. The van der Waals surface area contributed by atoms with Gasteiger partial charge < -0.3 is 5.73 Å². The Morgan fingerprint density at radius 2 is 2.23 bits per heavy atom. The summed E-state index contributed by atoms with van der Waals surface area (Å²) in [4.78, 5) is 3.88. The van der Waals surface area contributed by atoms with E-state index >= 15 is 0 Å². The molecule has 0 fully saturated rings. The van der Waals surface area contributed by atoms with Crippen LogP contribution in [0.1, 0.15) is 0 Å². The molecule has 0 saturated heterocycles. The van der Waals surface area contributed by atoms with Crippen LogP contribution >= 0.6 is 0 Å². The molecule has 0 bridgehead atoms. The number of hydrogen-bond donors (Lipinski definition) is 2. The van der Waals surface area contributed by atoms with Gasteiger partial charge in [0.05, 0.1) is 0 Å². The lowest BCUT2D eigenvalue weighted by molar-refractivity contribution is 0.628. The van der Waals surface area contributed by atoms with E-state index in [2.05, 4.69) is 15.2 Å². The molecule has 13 heavy (non-hydrogen) atoms. The van der Waals surface area contributed by atoms with E-state index in [0.717, 1.165) is 0 Å². The van der Waals surface area contributed by atoms with Gasteiger partial charge in [-0.05, 0) is 18.2 Å². The monoisotopic (exact) mass is 178 g/mol. The Morgan fingerprint density at radius 1 is 1.38 bits per heavy atom. The topological polar surface area (TPSA) is 67.6 Å². The first-order valence-corrected chi connectivity index (χ1v) is 3.68. The normalized spacial score (nSPS) is 10.2. The number of aromatic nitrogens is 3. The van der Waals surface area contributed by atoms with Gasteiger partial charge in [0.25, 0.3) is 0 Å². The van der Waals surface area contributed by atoms with Crippen LogP contribution in [0.2, 0.25) is 0 Å². The summed E-state index contributed by atoms with van der Waals surface area (Å²) < 4.78 is 12.8. The summed E-state index contributed by atoms with van der Waals surface area (Å²) in [5.74, 6) is 0.123. The largest absolute Gasteiger partial charge is 0.398 e. The molecule has 0 saturated carbocycles. The highest BCUT2D eigenvalue weighted by Gasteiger charge is 2.05. The van der Waals surface area contributed by atoms with Crippen molar-refractivity contribution in [1.82, 2.24) is 15.2 Å². The minimum Gasteiger partial charge on any atom is -0.398 e. The highest BCUT2D eigenvalue weighted by molar-refractivity contribution is 5.70. The minimum atomic E-state index is -0.347. The molecule has 1 aromatic heterocycles. The molecule has 0 amide bonds. The second-order valence-corrected chi connectivity index (χ2v) is 2.57. The molecule has 0 atom stereocenters. The van der Waals surface area contributed by atoms with Crippen LogP contribution in [0.4, 0.5) is 10.1 Å². The van der Waals surface area contributed by atoms with Gasteiger partial charge in [0.1, 0.15) is 12.1 Å². The van der Waals surface area contributed by atoms with Crippen molar-refractivity contribution >= 4 is 5.69 Å². The zero-order valence-corrected chi connectivity index (χ0v) is 6.66. The molecule has 0 aliphatic rings. The number of nitrogens with two attached hydrogens (primary N) is 1. The van der Waals surface area contributed by atoms with Crippen molar-refractivity contribution in [2.45, 2.75) is 0 Å². The second-order valence-electron chi connectivity index (χ2n) is 2.57. The van der Waals surface area contributed by atoms with Crippen molar-refractivity contribution in [2.75, 3.05) is 5.73 Å². The molecular formula is C8H7FN4. The second kappa shape index (κ2) is 2.85. The molecule has 0 aliphatic carbocycles. The summed E-state index contributed by atoms with van der Waals surface area (Å²) in [6.45, 7) is 0. The van der Waals surface area contributed by atoms with Gasteiger partial charge in [-0.1, -0.05) is 0 Å². The Kier molecular flexibility index (Phi) is 1.70. The lowest BCUT2D eigenvalue weighted by Gasteiger charge is -2.00. The van der Waals surface area contributed by atoms with Crippen molar-refractivity contribution < 1.29 is 4.39 Å². The van der Waals surface area contributed by atoms with Crippen molar-refractivity contribution in [3.8, 4) is 11.4 Å². The minimum absolute atomic E-state index is 0.347. The molecule has 0 unspecified atom stereocenters. The third kappa shape index (κ3) is 1.35. The summed E-state index contributed by atoms with van der Waals surface area (Å²) in [5, 5.41) is 6.27. The van der Waals surface area contributed by atoms with E-state index in [9.17, 15) is 4.39 Å². The summed E-state index contributed by atoms with van der Waals surface area (Å²) in [6.07, 6.45) is 1.35. The van der Waals surface area contributed by atoms with E-state index in [0.29, 0.717) is 17.1 Å². The number of benzene rings is 1. The number of nitrogens with zero attached hydrogens (tertiary/aromatic N) is 2. The molecule has 2 rings (SSSR count). The number of anilines is 1. The third-order valence-electron chi connectivity index (χ3n) is 1.69. The quantitative estimate of drug-likeness (QED) is 0.644. The first kappa shape index (κ1) is 7.72. The number of rotatable bonds is 1. The fourth-order valence-electron chi connectivity index (χ4n) is 1.07. The standard InChI is InChI=1S/C8H7FN4/c9-5-1-2-7(10)6(3-5)8-11-4-12-13-8/h1-4H,10H2,(H,11,12,13). The van der Waals surface area contributed by atoms with Crippen molar-refractivity contribution in [3.63, 3.8) is 0 Å². The number of hydrogen-bond acceptors (Lipinski definition) is 3. The van der Waals surface area contributed by atoms with Gasteiger partial charge in [-0.15, -0.1) is 0 Å². The average molecular weight is 178 g/mol. The van der Waals surface area contributed by atoms with E-state index in [-0.39, 0.29) is 5.82 Å². The Hall–Kier alpha value is -1.91. The van der Waals surface area contributed by atoms with Crippen LogP contribution in [-0.4, -0.2) is 15.2 Å². The van der Waals surface area contributed by atoms with E-state index in [1.54, 1.807) is 0 Å². The first-order chi connectivity index (χ1) is 6.27. The highest BCUT2D eigenvalue weighted by atomic mass is 19.1. The molecule has 0 radical (unpaired) electrons. The molecule has 5 heteroatoms. The number of aromatic amines is 1. The van der Waals surface area contributed by atoms with E-state index in [1.807, 2.05) is 0 Å². The van der Waals surface area contributed by atoms with Crippen LogP contribution in [0.5, 0.6) is 0 Å². The lowest BCUT2D eigenvalue weighted by atomic mass is 10.1. The maximum absolute atomic E-state index is 12.8. The third-order valence-corrected chi connectivity index (χ3v) is 1.69. The van der Waals surface area contributed by atoms with Crippen LogP contribution in [0.3, 0.4) is 0 Å². The number of halogens is 1. The summed E-state index contributed by atoms with van der Waals surface area (Å²) in [6, 6.07) is 4.11. The average Bonchev–Trinajstić information content (AvgIpc) is 2.61. The molecule has 3 N–H and O–H groups in total. The van der Waals surface area contributed by atoms with Crippen LogP contribution in [-0.2, 0) is 0 Å². The van der Waals surface area contributed by atoms with Gasteiger partial charge in [0, 0.05) is 11.3 Å². The molecule has 4 nitrogen and oxygen atoms in total. The van der Waals surface area contributed by atoms with Gasteiger partial charge in [0.15, 0.2) is 5.82 Å². The zero-order valence-electron chi connectivity index (χ0n) is 6.66. The predicted octanol–water partition coefficient (Wildman–Crippen LogP) is 1.19. The summed E-state index contributed by atoms with van der Waals surface area (Å²) >= 11 is 0. The van der Waals surface area contributed by atoms with E-state index in [4.69, 9.17) is 5.73 Å². The summed E-state index contributed by atoms with van der Waals surface area (Å²) in [5.41, 5.74) is 6.62. The maximum atomic E-state index is 12.8. The first-order valence-electron chi connectivity index (χ1n) is 3.68. The number of nitrogens with one attached hydrogen (secondary N) is 1. The van der Waals surface area contributed by atoms with Crippen LogP contribution < -0.4 is 5.73 Å². The van der Waals surface area contributed by atoms with E-state index < -0.39 is 0 Å². The fourth-order valence-corrected chi connectivity index (χ4v) is 1.07. The van der Waals surface area contributed by atoms with Gasteiger partial charge in [-0.3, -0.25) is 5.10 Å². The number of H-pyrrole nitrogens is 1. The van der Waals surface area contributed by atoms with Crippen LogP contribution in [0.15, 0.2) is 24.5 Å². The molecule has 66 valence electrons. The van der Waals surface area contributed by atoms with Gasteiger partial charge >= 0.3 is 0 Å². The smallest absolute Gasteiger partial charge is 0.157 e. The van der Waals surface area contributed by atoms with Gasteiger partial charge in [-0.25, -0.2) is 9.37 Å². The summed E-state index contributed by atoms with van der Waals surface area (Å²) in [7, 11) is 0. The molecular weight excluding hydrogens is 171 g/mol. The predicted molar refractivity (Wildman–Crippen MR) is 46.2 cm³/mol. The maximum Gasteiger partial charge on any atom is 0.157 e. The Morgan fingerprint density at radius 3 is 2.92 bits per heavy atom. The number of nitrogen functional groups attached to an aromatic ring is 1. The molecule has 1 aromatic carbocycles. The molecule has 0 aliphatic heterocycles. The van der Waals surface area contributed by atoms with Gasteiger partial charge in [0.2, 0.25) is 0 Å². The molecule has 0 spiro atoms. The van der Waals surface area contributed by atoms with Crippen molar-refractivity contribution in [2.24, 2.45) is 0 Å². The Bertz CT molecular complexity index is 410. The van der Waals surface area contributed by atoms with Crippen LogP contribution in [0.25, 0.3) is 11.4 Å². The Labute approximate surface area is 73.6 Å². The van der Waals surface area contributed by atoms with Crippen molar-refractivity contribution in [3.05, 3.63) is 30.3 Å². The van der Waals surface area contributed by atoms with Gasteiger partial charge in [-0.2, -0.15) is 5.10 Å².